The summed E-state index contributed by atoms with van der Waals surface area (Å²) >= 11 is 0. The average molecular weight is 363 g/mol. The summed E-state index contributed by atoms with van der Waals surface area (Å²) in [7, 11) is 0. The van der Waals surface area contributed by atoms with E-state index < -0.39 is 47.4 Å². The van der Waals surface area contributed by atoms with Crippen LogP contribution in [-0.2, 0) is 9.53 Å². The molecule has 1 saturated carbocycles. The molecule has 1 amide bonds. The lowest BCUT2D eigenvalue weighted by Gasteiger charge is -2.51. The number of nitrogens with zero attached hydrogens (tertiary/aromatic N) is 1. The molecular weight excluding hydrogens is 336 g/mol. The lowest BCUT2D eigenvalue weighted by molar-refractivity contribution is -0.195. The quantitative estimate of drug-likeness (QED) is 0.787. The first-order valence-corrected chi connectivity index (χ1v) is 8.62. The Bertz CT molecular complexity index is 526. The zero-order chi connectivity index (χ0) is 19.1. The summed E-state index contributed by atoms with van der Waals surface area (Å²) in [5.74, 6) is -4.12. The Hall–Kier alpha value is -1.44. The van der Waals surface area contributed by atoms with E-state index in [1.807, 2.05) is 0 Å². The number of aliphatic carboxylic acids is 1. The summed E-state index contributed by atoms with van der Waals surface area (Å²) in [5.41, 5.74) is -3.84. The van der Waals surface area contributed by atoms with Gasteiger partial charge < -0.3 is 19.8 Å². The largest absolute Gasteiger partial charge is 0.481 e. The molecule has 1 saturated heterocycles. The predicted octanol–water partition coefficient (Wildman–Crippen LogP) is 3.03. The number of hydrogen-bond acceptors (Lipinski definition) is 4. The predicted molar refractivity (Wildman–Crippen MR) is 85.5 cm³/mol. The van der Waals surface area contributed by atoms with Gasteiger partial charge in [-0.05, 0) is 46.5 Å². The molecule has 0 aromatic heterocycles. The van der Waals surface area contributed by atoms with Crippen LogP contribution < -0.4 is 0 Å². The van der Waals surface area contributed by atoms with E-state index in [-0.39, 0.29) is 38.8 Å². The van der Waals surface area contributed by atoms with Crippen LogP contribution in [-0.4, -0.2) is 57.4 Å². The van der Waals surface area contributed by atoms with Gasteiger partial charge in [0.2, 0.25) is 5.92 Å². The average Bonchev–Trinajstić information content (AvgIpc) is 2.45. The third-order valence-electron chi connectivity index (χ3n) is 5.38. The molecule has 0 aromatic rings. The van der Waals surface area contributed by atoms with Crippen molar-refractivity contribution < 1.29 is 33.3 Å². The Kier molecular flexibility index (Phi) is 5.07. The number of aliphatic hydroxyl groups is 1. The van der Waals surface area contributed by atoms with Crippen LogP contribution in [0.1, 0.15) is 59.3 Å². The van der Waals surface area contributed by atoms with Gasteiger partial charge in [0.05, 0.1) is 11.0 Å². The lowest BCUT2D eigenvalue weighted by atomic mass is 9.59. The normalized spacial score (nSPS) is 25.3. The number of alkyl halides is 2. The molecule has 144 valence electrons. The maximum atomic E-state index is 13.5. The molecule has 0 atom stereocenters. The van der Waals surface area contributed by atoms with Gasteiger partial charge in [0.1, 0.15) is 5.60 Å². The number of carbonyl (C=O) groups excluding carboxylic acids is 1. The number of piperidine rings is 1. The molecule has 2 aliphatic rings. The van der Waals surface area contributed by atoms with Crippen molar-refractivity contribution in [2.24, 2.45) is 5.41 Å². The van der Waals surface area contributed by atoms with Gasteiger partial charge in [0.15, 0.2) is 0 Å². The van der Waals surface area contributed by atoms with Crippen molar-refractivity contribution in [1.82, 2.24) is 4.90 Å². The molecule has 1 aliphatic carbocycles. The molecule has 0 bridgehead atoms. The highest BCUT2D eigenvalue weighted by Gasteiger charge is 2.60. The molecule has 0 aromatic carbocycles. The standard InChI is InChI=1S/C17H27F2NO5/c1-14(2,3)25-13(23)20-10-8-16(24,9-11-20)15(12(21)22)4-6-17(18,19)7-5-15/h24H,4-11H2,1-3H3,(H,21,22). The Balaban J connectivity index is 2.09. The minimum atomic E-state index is -2.88. The third kappa shape index (κ3) is 4.04. The van der Waals surface area contributed by atoms with E-state index in [4.69, 9.17) is 4.74 Å². The van der Waals surface area contributed by atoms with Crippen molar-refractivity contribution >= 4 is 12.1 Å². The van der Waals surface area contributed by atoms with Gasteiger partial charge >= 0.3 is 12.1 Å². The van der Waals surface area contributed by atoms with Gasteiger partial charge in [0.25, 0.3) is 0 Å². The van der Waals surface area contributed by atoms with Gasteiger partial charge in [-0.25, -0.2) is 13.6 Å². The number of hydrogen-bond donors (Lipinski definition) is 2. The second kappa shape index (κ2) is 6.37. The molecule has 0 spiro atoms. The number of carboxylic acid groups (broad SMARTS) is 1. The summed E-state index contributed by atoms with van der Waals surface area (Å²) < 4.78 is 32.2. The summed E-state index contributed by atoms with van der Waals surface area (Å²) in [6.07, 6.45) is -2.08. The molecule has 6 nitrogen and oxygen atoms in total. The van der Waals surface area contributed by atoms with Crippen LogP contribution in [0.3, 0.4) is 0 Å². The van der Waals surface area contributed by atoms with Crippen molar-refractivity contribution in [2.75, 3.05) is 13.1 Å². The molecule has 1 aliphatic heterocycles. The molecular formula is C17H27F2NO5. The highest BCUT2D eigenvalue weighted by molar-refractivity contribution is 5.77. The zero-order valence-corrected chi connectivity index (χ0v) is 15.0. The molecule has 0 unspecified atom stereocenters. The molecule has 1 heterocycles. The van der Waals surface area contributed by atoms with Crippen LogP contribution >= 0.6 is 0 Å². The minimum absolute atomic E-state index is 0.0319. The van der Waals surface area contributed by atoms with Gasteiger partial charge in [-0.2, -0.15) is 0 Å². The van der Waals surface area contributed by atoms with Crippen LogP contribution in [0.5, 0.6) is 0 Å². The topological polar surface area (TPSA) is 87.1 Å². The van der Waals surface area contributed by atoms with Gasteiger partial charge in [-0.15, -0.1) is 0 Å². The maximum absolute atomic E-state index is 13.5. The van der Waals surface area contributed by atoms with Gasteiger partial charge in [0, 0.05) is 25.9 Å². The van der Waals surface area contributed by atoms with E-state index in [9.17, 15) is 28.6 Å². The second-order valence-electron chi connectivity index (χ2n) is 8.24. The highest BCUT2D eigenvalue weighted by atomic mass is 19.3. The van der Waals surface area contributed by atoms with Crippen LogP contribution in [0, 0.1) is 5.41 Å². The van der Waals surface area contributed by atoms with E-state index in [1.165, 1.54) is 4.90 Å². The minimum Gasteiger partial charge on any atom is -0.481 e. The molecule has 2 fully saturated rings. The van der Waals surface area contributed by atoms with Crippen LogP contribution in [0.25, 0.3) is 0 Å². The SMILES string of the molecule is CC(C)(C)OC(=O)N1CCC(O)(C2(C(=O)O)CCC(F)(F)CC2)CC1. The number of carboxylic acids is 1. The first-order valence-electron chi connectivity index (χ1n) is 8.62. The number of ether oxygens (including phenoxy) is 1. The Morgan fingerprint density at radius 1 is 1.00 bits per heavy atom. The molecule has 0 radical (unpaired) electrons. The van der Waals surface area contributed by atoms with E-state index in [1.54, 1.807) is 20.8 Å². The van der Waals surface area contributed by atoms with Crippen LogP contribution in [0.15, 0.2) is 0 Å². The summed E-state index contributed by atoms with van der Waals surface area (Å²) in [6.45, 7) is 5.50. The number of rotatable bonds is 2. The fourth-order valence-corrected chi connectivity index (χ4v) is 3.79. The van der Waals surface area contributed by atoms with Crippen molar-refractivity contribution in [3.63, 3.8) is 0 Å². The summed E-state index contributed by atoms with van der Waals surface area (Å²) in [5, 5.41) is 20.7. The Morgan fingerprint density at radius 3 is 1.88 bits per heavy atom. The first-order chi connectivity index (χ1) is 11.3. The zero-order valence-electron chi connectivity index (χ0n) is 15.0. The molecule has 8 heteroatoms. The monoisotopic (exact) mass is 363 g/mol. The lowest BCUT2D eigenvalue weighted by Crippen LogP contribution is -2.61. The van der Waals surface area contributed by atoms with Crippen molar-refractivity contribution in [2.45, 2.75) is 76.4 Å². The fourth-order valence-electron chi connectivity index (χ4n) is 3.79. The molecule has 25 heavy (non-hydrogen) atoms. The van der Waals surface area contributed by atoms with Crippen LogP contribution in [0.2, 0.25) is 0 Å². The van der Waals surface area contributed by atoms with Crippen molar-refractivity contribution in [3.05, 3.63) is 0 Å². The molecule has 2 rings (SSSR count). The smallest absolute Gasteiger partial charge is 0.410 e. The summed E-state index contributed by atoms with van der Waals surface area (Å²) in [4.78, 5) is 25.4. The second-order valence-corrected chi connectivity index (χ2v) is 8.24. The van der Waals surface area contributed by atoms with Crippen molar-refractivity contribution in [3.8, 4) is 0 Å². The summed E-state index contributed by atoms with van der Waals surface area (Å²) in [6, 6.07) is 0. The van der Waals surface area contributed by atoms with E-state index in [2.05, 4.69) is 0 Å². The Morgan fingerprint density at radius 2 is 1.48 bits per heavy atom. The maximum Gasteiger partial charge on any atom is 0.410 e. The van der Waals surface area contributed by atoms with Gasteiger partial charge in [-0.3, -0.25) is 4.79 Å². The van der Waals surface area contributed by atoms with E-state index in [0.29, 0.717) is 0 Å². The number of amides is 1. The van der Waals surface area contributed by atoms with E-state index >= 15 is 0 Å². The highest BCUT2D eigenvalue weighted by Crippen LogP contribution is 2.53. The number of carbonyl (C=O) groups is 2. The number of likely N-dealkylation sites (tertiary alicyclic amines) is 1. The first kappa shape index (κ1) is 19.9. The van der Waals surface area contributed by atoms with Gasteiger partial charge in [-0.1, -0.05) is 0 Å². The van der Waals surface area contributed by atoms with Crippen molar-refractivity contribution in [1.29, 1.82) is 0 Å². The third-order valence-corrected chi connectivity index (χ3v) is 5.38. The van der Waals surface area contributed by atoms with E-state index in [0.717, 1.165) is 0 Å². The molecule has 2 N–H and O–H groups in total. The Labute approximate surface area is 146 Å². The fraction of sp³-hybridized carbons (Fsp3) is 0.882. The number of halogens is 2. The van der Waals surface area contributed by atoms with Crippen LogP contribution in [0.4, 0.5) is 13.6 Å².